The average Bonchev–Trinajstić information content (AvgIpc) is 2.93. The van der Waals surface area contributed by atoms with E-state index in [0.717, 1.165) is 43.5 Å². The summed E-state index contributed by atoms with van der Waals surface area (Å²) >= 11 is 0. The second-order valence-corrected chi connectivity index (χ2v) is 5.47. The van der Waals surface area contributed by atoms with Crippen molar-refractivity contribution in [3.8, 4) is 0 Å². The first kappa shape index (κ1) is 11.7. The Hall–Kier alpha value is -1.36. The molecule has 2 N–H and O–H groups in total. The Balaban J connectivity index is 1.78. The van der Waals surface area contributed by atoms with Gasteiger partial charge in [-0.3, -0.25) is 9.89 Å². The fraction of sp³-hybridized carbons (Fsp3) is 0.692. The maximum Gasteiger partial charge on any atom is 0.274 e. The molecule has 5 nitrogen and oxygen atoms in total. The van der Waals surface area contributed by atoms with Gasteiger partial charge in [0.05, 0.1) is 6.10 Å². The van der Waals surface area contributed by atoms with Crippen LogP contribution >= 0.6 is 0 Å². The van der Waals surface area contributed by atoms with E-state index < -0.39 is 6.10 Å². The minimum absolute atomic E-state index is 0.0275. The maximum atomic E-state index is 12.4. The Labute approximate surface area is 106 Å². The molecule has 2 unspecified atom stereocenters. The van der Waals surface area contributed by atoms with E-state index in [0.29, 0.717) is 12.2 Å². The van der Waals surface area contributed by atoms with Gasteiger partial charge in [-0.2, -0.15) is 5.10 Å². The van der Waals surface area contributed by atoms with Crippen molar-refractivity contribution in [2.45, 2.75) is 38.7 Å². The predicted octanol–water partition coefficient (Wildman–Crippen LogP) is 0.741. The number of fused-ring (bicyclic) bond motifs is 1. The quantitative estimate of drug-likeness (QED) is 0.771. The van der Waals surface area contributed by atoms with Gasteiger partial charge in [-0.25, -0.2) is 0 Å². The molecule has 2 heterocycles. The maximum absolute atomic E-state index is 12.4. The molecule has 98 valence electrons. The molecule has 1 fully saturated rings. The number of piperidine rings is 1. The third-order valence-corrected chi connectivity index (χ3v) is 4.21. The van der Waals surface area contributed by atoms with Gasteiger partial charge in [0, 0.05) is 24.3 Å². The number of aryl methyl sites for hydroxylation is 1. The molecule has 1 aliphatic heterocycles. The van der Waals surface area contributed by atoms with E-state index in [4.69, 9.17) is 0 Å². The zero-order chi connectivity index (χ0) is 12.7. The number of aliphatic hydroxyl groups excluding tert-OH is 1. The number of likely N-dealkylation sites (tertiary alicyclic amines) is 1. The van der Waals surface area contributed by atoms with Crippen molar-refractivity contribution >= 4 is 5.91 Å². The molecule has 2 atom stereocenters. The SMILES string of the molecule is CC1CCN(C(=O)c2n[nH]c3c2CCC3)CC1O. The van der Waals surface area contributed by atoms with E-state index in [1.165, 1.54) is 0 Å². The molecule has 0 radical (unpaired) electrons. The summed E-state index contributed by atoms with van der Waals surface area (Å²) in [6.07, 6.45) is 3.49. The molecule has 2 aliphatic rings. The Morgan fingerprint density at radius 2 is 2.33 bits per heavy atom. The Morgan fingerprint density at radius 3 is 3.11 bits per heavy atom. The third kappa shape index (κ3) is 1.82. The van der Waals surface area contributed by atoms with E-state index in [9.17, 15) is 9.90 Å². The number of aromatic amines is 1. The molecule has 0 bridgehead atoms. The van der Waals surface area contributed by atoms with Crippen molar-refractivity contribution in [2.75, 3.05) is 13.1 Å². The van der Waals surface area contributed by atoms with Gasteiger partial charge in [-0.1, -0.05) is 6.92 Å². The van der Waals surface area contributed by atoms with Crippen molar-refractivity contribution in [3.63, 3.8) is 0 Å². The van der Waals surface area contributed by atoms with E-state index in [2.05, 4.69) is 10.2 Å². The molecule has 1 aromatic heterocycles. The molecule has 1 aliphatic carbocycles. The highest BCUT2D eigenvalue weighted by molar-refractivity contribution is 5.94. The number of hydrogen-bond acceptors (Lipinski definition) is 3. The first-order valence-corrected chi connectivity index (χ1v) is 6.70. The van der Waals surface area contributed by atoms with E-state index in [1.54, 1.807) is 4.90 Å². The highest BCUT2D eigenvalue weighted by Gasteiger charge is 2.31. The highest BCUT2D eigenvalue weighted by Crippen LogP contribution is 2.25. The largest absolute Gasteiger partial charge is 0.391 e. The van der Waals surface area contributed by atoms with Crippen LogP contribution in [-0.2, 0) is 12.8 Å². The first-order valence-electron chi connectivity index (χ1n) is 6.70. The molecule has 1 aromatic rings. The van der Waals surface area contributed by atoms with Gasteiger partial charge in [0.2, 0.25) is 0 Å². The van der Waals surface area contributed by atoms with E-state index >= 15 is 0 Å². The predicted molar refractivity (Wildman–Crippen MR) is 66.3 cm³/mol. The number of aliphatic hydroxyl groups is 1. The van der Waals surface area contributed by atoms with Crippen LogP contribution in [0.1, 0.15) is 41.5 Å². The number of β-amino-alcohol motifs (C(OH)–C–C–N with tert-alkyl or cyclic N) is 1. The number of hydrogen-bond donors (Lipinski definition) is 2. The van der Waals surface area contributed by atoms with Crippen molar-refractivity contribution < 1.29 is 9.90 Å². The number of H-pyrrole nitrogens is 1. The smallest absolute Gasteiger partial charge is 0.274 e. The second-order valence-electron chi connectivity index (χ2n) is 5.47. The minimum atomic E-state index is -0.408. The fourth-order valence-electron chi connectivity index (χ4n) is 2.88. The summed E-state index contributed by atoms with van der Waals surface area (Å²) in [6, 6.07) is 0. The molecular weight excluding hydrogens is 230 g/mol. The summed E-state index contributed by atoms with van der Waals surface area (Å²) in [5, 5.41) is 17.0. The molecule has 3 rings (SSSR count). The van der Waals surface area contributed by atoms with Crippen LogP contribution in [0.3, 0.4) is 0 Å². The molecule has 1 saturated heterocycles. The van der Waals surface area contributed by atoms with Crippen LogP contribution < -0.4 is 0 Å². The summed E-state index contributed by atoms with van der Waals surface area (Å²) in [5.41, 5.74) is 2.78. The van der Waals surface area contributed by atoms with Gasteiger partial charge < -0.3 is 10.0 Å². The third-order valence-electron chi connectivity index (χ3n) is 4.21. The Morgan fingerprint density at radius 1 is 1.50 bits per heavy atom. The molecule has 5 heteroatoms. The minimum Gasteiger partial charge on any atom is -0.391 e. The molecule has 1 amide bonds. The number of carbonyl (C=O) groups is 1. The number of rotatable bonds is 1. The molecule has 0 aromatic carbocycles. The molecule has 18 heavy (non-hydrogen) atoms. The van der Waals surface area contributed by atoms with Crippen LogP contribution in [0.25, 0.3) is 0 Å². The summed E-state index contributed by atoms with van der Waals surface area (Å²) in [4.78, 5) is 14.1. The van der Waals surface area contributed by atoms with Gasteiger partial charge in [-0.05, 0) is 31.6 Å². The van der Waals surface area contributed by atoms with Gasteiger partial charge in [0.25, 0.3) is 5.91 Å². The van der Waals surface area contributed by atoms with Crippen molar-refractivity contribution in [3.05, 3.63) is 17.0 Å². The molecule has 0 saturated carbocycles. The van der Waals surface area contributed by atoms with Crippen molar-refractivity contribution in [1.29, 1.82) is 0 Å². The Kier molecular flexibility index (Phi) is 2.86. The summed E-state index contributed by atoms with van der Waals surface area (Å²) in [6.45, 7) is 3.18. The number of nitrogens with one attached hydrogen (secondary N) is 1. The van der Waals surface area contributed by atoms with Gasteiger partial charge in [-0.15, -0.1) is 0 Å². The zero-order valence-corrected chi connectivity index (χ0v) is 10.6. The normalized spacial score (nSPS) is 27.3. The summed E-state index contributed by atoms with van der Waals surface area (Å²) in [5.74, 6) is 0.249. The number of nitrogens with zero attached hydrogens (tertiary/aromatic N) is 2. The zero-order valence-electron chi connectivity index (χ0n) is 10.6. The van der Waals surface area contributed by atoms with Crippen LogP contribution in [0.2, 0.25) is 0 Å². The van der Waals surface area contributed by atoms with Crippen LogP contribution in [-0.4, -0.2) is 45.3 Å². The monoisotopic (exact) mass is 249 g/mol. The number of carbonyl (C=O) groups excluding carboxylic acids is 1. The number of amides is 1. The van der Waals surface area contributed by atoms with Crippen LogP contribution in [0, 0.1) is 5.92 Å². The lowest BCUT2D eigenvalue weighted by Gasteiger charge is -2.34. The topological polar surface area (TPSA) is 69.2 Å². The molecular formula is C13H19N3O2. The fourth-order valence-corrected chi connectivity index (χ4v) is 2.88. The summed E-state index contributed by atoms with van der Waals surface area (Å²) < 4.78 is 0. The van der Waals surface area contributed by atoms with E-state index in [1.807, 2.05) is 6.92 Å². The first-order chi connectivity index (χ1) is 8.66. The van der Waals surface area contributed by atoms with Crippen LogP contribution in [0.5, 0.6) is 0 Å². The highest BCUT2D eigenvalue weighted by atomic mass is 16.3. The summed E-state index contributed by atoms with van der Waals surface area (Å²) in [7, 11) is 0. The van der Waals surface area contributed by atoms with Gasteiger partial charge in [0.15, 0.2) is 5.69 Å². The lowest BCUT2D eigenvalue weighted by Crippen LogP contribution is -2.46. The standard InChI is InChI=1S/C13H19N3O2/c1-8-5-6-16(7-11(8)17)13(18)12-9-3-2-4-10(9)14-15-12/h8,11,17H,2-7H2,1H3,(H,14,15). The van der Waals surface area contributed by atoms with Crippen LogP contribution in [0.15, 0.2) is 0 Å². The van der Waals surface area contributed by atoms with Crippen LogP contribution in [0.4, 0.5) is 0 Å². The lowest BCUT2D eigenvalue weighted by atomic mass is 9.95. The second kappa shape index (κ2) is 4.39. The van der Waals surface area contributed by atoms with Crippen molar-refractivity contribution in [2.24, 2.45) is 5.92 Å². The van der Waals surface area contributed by atoms with E-state index in [-0.39, 0.29) is 11.8 Å². The average molecular weight is 249 g/mol. The molecule has 0 spiro atoms. The Bertz CT molecular complexity index is 469. The van der Waals surface area contributed by atoms with Crippen molar-refractivity contribution in [1.82, 2.24) is 15.1 Å². The van der Waals surface area contributed by atoms with Gasteiger partial charge in [0.1, 0.15) is 0 Å². The number of aromatic nitrogens is 2. The van der Waals surface area contributed by atoms with Gasteiger partial charge >= 0.3 is 0 Å². The lowest BCUT2D eigenvalue weighted by molar-refractivity contribution is 0.0244.